The van der Waals surface area contributed by atoms with Crippen LogP contribution in [-0.2, 0) is 16.6 Å². The predicted octanol–water partition coefficient (Wildman–Crippen LogP) is 1.89. The molecule has 0 amide bonds. The largest absolute Gasteiger partial charge is 0.359 e. The van der Waals surface area contributed by atoms with Gasteiger partial charge in [0.1, 0.15) is 10.8 Å². The van der Waals surface area contributed by atoms with Crippen LogP contribution in [0.1, 0.15) is 38.1 Å². The second-order valence-electron chi connectivity index (χ2n) is 5.82. The van der Waals surface area contributed by atoms with E-state index in [9.17, 15) is 8.42 Å². The zero-order chi connectivity index (χ0) is 19.0. The standard InChI is InChI=1S/C16H25N5O3S2/c1-4-17-16(19-11-13-10-14(12(2)3)21-24-13)18-7-8-20-26(22,23)15-6-5-9-25-15/h5-6,9-10,12,20H,4,7-8,11H2,1-3H3,(H2,17,18,19). The van der Waals surface area contributed by atoms with Gasteiger partial charge in [0.15, 0.2) is 11.7 Å². The van der Waals surface area contributed by atoms with Crippen molar-refractivity contribution in [3.8, 4) is 0 Å². The zero-order valence-electron chi connectivity index (χ0n) is 15.2. The van der Waals surface area contributed by atoms with Crippen molar-refractivity contribution in [3.05, 3.63) is 35.0 Å². The SMILES string of the molecule is CCNC(=NCc1cc(C(C)C)no1)NCCNS(=O)(=O)c1cccs1. The second kappa shape index (κ2) is 9.70. The molecule has 0 unspecified atom stereocenters. The van der Waals surface area contributed by atoms with Crippen LogP contribution >= 0.6 is 11.3 Å². The van der Waals surface area contributed by atoms with Gasteiger partial charge in [0.25, 0.3) is 0 Å². The lowest BCUT2D eigenvalue weighted by Gasteiger charge is -2.11. The third kappa shape index (κ3) is 6.11. The van der Waals surface area contributed by atoms with Gasteiger partial charge in [-0.05, 0) is 24.3 Å². The molecule has 0 spiro atoms. The maximum atomic E-state index is 12.0. The fourth-order valence-corrected chi connectivity index (χ4v) is 4.10. The van der Waals surface area contributed by atoms with Crippen molar-refractivity contribution in [3.63, 3.8) is 0 Å². The minimum absolute atomic E-state index is 0.254. The molecule has 0 aliphatic rings. The Morgan fingerprint density at radius 3 is 2.77 bits per heavy atom. The van der Waals surface area contributed by atoms with Crippen LogP contribution < -0.4 is 15.4 Å². The predicted molar refractivity (Wildman–Crippen MR) is 103 cm³/mol. The first-order chi connectivity index (χ1) is 12.4. The number of thiophene rings is 1. The molecule has 8 nitrogen and oxygen atoms in total. The molecule has 2 heterocycles. The number of aliphatic imine (C=N–C) groups is 1. The second-order valence-corrected chi connectivity index (χ2v) is 8.77. The lowest BCUT2D eigenvalue weighted by molar-refractivity contribution is 0.376. The van der Waals surface area contributed by atoms with Crippen LogP contribution in [0.2, 0.25) is 0 Å². The molecule has 2 rings (SSSR count). The van der Waals surface area contributed by atoms with Crippen molar-refractivity contribution in [2.75, 3.05) is 19.6 Å². The molecule has 0 aromatic carbocycles. The summed E-state index contributed by atoms with van der Waals surface area (Å²) in [6.07, 6.45) is 0. The normalized spacial score (nSPS) is 12.5. The highest BCUT2D eigenvalue weighted by molar-refractivity contribution is 7.91. The molecule has 0 fully saturated rings. The van der Waals surface area contributed by atoms with E-state index >= 15 is 0 Å². The lowest BCUT2D eigenvalue weighted by Crippen LogP contribution is -2.41. The van der Waals surface area contributed by atoms with E-state index in [1.165, 1.54) is 11.3 Å². The number of hydrogen-bond donors (Lipinski definition) is 3. The first kappa shape index (κ1) is 20.4. The van der Waals surface area contributed by atoms with Gasteiger partial charge >= 0.3 is 0 Å². The number of nitrogens with one attached hydrogen (secondary N) is 3. The van der Waals surface area contributed by atoms with E-state index in [4.69, 9.17) is 4.52 Å². The smallest absolute Gasteiger partial charge is 0.250 e. The van der Waals surface area contributed by atoms with Crippen LogP contribution in [0.15, 0.2) is 37.3 Å². The highest BCUT2D eigenvalue weighted by Gasteiger charge is 2.14. The highest BCUT2D eigenvalue weighted by Crippen LogP contribution is 2.15. The van der Waals surface area contributed by atoms with E-state index in [2.05, 4.69) is 25.5 Å². The molecule has 144 valence electrons. The number of rotatable bonds is 9. The lowest BCUT2D eigenvalue weighted by atomic mass is 10.1. The maximum Gasteiger partial charge on any atom is 0.250 e. The van der Waals surface area contributed by atoms with Crippen molar-refractivity contribution in [2.24, 2.45) is 4.99 Å². The molecular weight excluding hydrogens is 374 g/mol. The third-order valence-corrected chi connectivity index (χ3v) is 6.23. The minimum Gasteiger partial charge on any atom is -0.359 e. The van der Waals surface area contributed by atoms with Crippen molar-refractivity contribution in [2.45, 2.75) is 37.4 Å². The van der Waals surface area contributed by atoms with Gasteiger partial charge in [0.05, 0.1) is 5.69 Å². The molecule has 0 atom stereocenters. The zero-order valence-corrected chi connectivity index (χ0v) is 16.8. The number of hydrogen-bond acceptors (Lipinski definition) is 6. The van der Waals surface area contributed by atoms with E-state index in [-0.39, 0.29) is 6.54 Å². The number of sulfonamides is 1. The number of nitrogens with zero attached hydrogens (tertiary/aromatic N) is 2. The highest BCUT2D eigenvalue weighted by atomic mass is 32.2. The molecule has 0 aliphatic carbocycles. The topological polar surface area (TPSA) is 109 Å². The van der Waals surface area contributed by atoms with Gasteiger partial charge < -0.3 is 15.2 Å². The van der Waals surface area contributed by atoms with Crippen molar-refractivity contribution in [1.29, 1.82) is 0 Å². The van der Waals surface area contributed by atoms with Crippen molar-refractivity contribution in [1.82, 2.24) is 20.5 Å². The summed E-state index contributed by atoms with van der Waals surface area (Å²) < 4.78 is 32.2. The van der Waals surface area contributed by atoms with Crippen LogP contribution in [0.5, 0.6) is 0 Å². The van der Waals surface area contributed by atoms with Crippen LogP contribution in [-0.4, -0.2) is 39.2 Å². The van der Waals surface area contributed by atoms with E-state index in [0.29, 0.717) is 41.5 Å². The van der Waals surface area contributed by atoms with E-state index in [0.717, 1.165) is 5.69 Å². The Kier molecular flexibility index (Phi) is 7.61. The number of aromatic nitrogens is 1. The first-order valence-corrected chi connectivity index (χ1v) is 10.8. The minimum atomic E-state index is -3.44. The monoisotopic (exact) mass is 399 g/mol. The van der Waals surface area contributed by atoms with Crippen molar-refractivity contribution < 1.29 is 12.9 Å². The molecule has 0 aliphatic heterocycles. The fourth-order valence-electron chi connectivity index (χ4n) is 2.03. The first-order valence-electron chi connectivity index (χ1n) is 8.43. The molecule has 2 aromatic heterocycles. The average Bonchev–Trinajstić information content (AvgIpc) is 3.28. The Morgan fingerprint density at radius 2 is 2.15 bits per heavy atom. The van der Waals surface area contributed by atoms with Gasteiger partial charge in [-0.2, -0.15) is 0 Å². The Balaban J connectivity index is 1.83. The Labute approximate surface area is 158 Å². The summed E-state index contributed by atoms with van der Waals surface area (Å²) >= 11 is 1.19. The van der Waals surface area contributed by atoms with Gasteiger partial charge in [-0.15, -0.1) is 11.3 Å². The summed E-state index contributed by atoms with van der Waals surface area (Å²) in [7, 11) is -3.44. The number of guanidine groups is 1. The molecule has 0 radical (unpaired) electrons. The van der Waals surface area contributed by atoms with Gasteiger partial charge in [0.2, 0.25) is 10.0 Å². The van der Waals surface area contributed by atoms with Crippen LogP contribution in [0.4, 0.5) is 0 Å². The molecule has 2 aromatic rings. The van der Waals surface area contributed by atoms with Gasteiger partial charge in [-0.25, -0.2) is 18.1 Å². The molecule has 0 bridgehead atoms. The molecule has 0 saturated heterocycles. The molecule has 3 N–H and O–H groups in total. The van der Waals surface area contributed by atoms with Gasteiger partial charge in [0, 0.05) is 25.7 Å². The Morgan fingerprint density at radius 1 is 1.35 bits per heavy atom. The van der Waals surface area contributed by atoms with Crippen LogP contribution in [0, 0.1) is 0 Å². The Bertz CT molecular complexity index is 798. The third-order valence-electron chi connectivity index (χ3n) is 3.38. The average molecular weight is 400 g/mol. The summed E-state index contributed by atoms with van der Waals surface area (Å²) in [5.41, 5.74) is 0.899. The van der Waals surface area contributed by atoms with E-state index in [1.807, 2.05) is 26.8 Å². The molecule has 26 heavy (non-hydrogen) atoms. The van der Waals surface area contributed by atoms with Gasteiger partial charge in [-0.3, -0.25) is 0 Å². The quantitative estimate of drug-likeness (QED) is 0.338. The van der Waals surface area contributed by atoms with E-state index in [1.54, 1.807) is 17.5 Å². The van der Waals surface area contributed by atoms with Gasteiger partial charge in [-0.1, -0.05) is 25.1 Å². The van der Waals surface area contributed by atoms with Crippen LogP contribution in [0.25, 0.3) is 0 Å². The Hall–Kier alpha value is -1.91. The summed E-state index contributed by atoms with van der Waals surface area (Å²) in [6, 6.07) is 5.18. The van der Waals surface area contributed by atoms with E-state index < -0.39 is 10.0 Å². The molecular formula is C16H25N5O3S2. The fraction of sp³-hybridized carbons (Fsp3) is 0.500. The molecule has 10 heteroatoms. The summed E-state index contributed by atoms with van der Waals surface area (Å²) in [4.78, 5) is 4.43. The molecule has 0 saturated carbocycles. The summed E-state index contributed by atoms with van der Waals surface area (Å²) in [6.45, 7) is 7.77. The summed E-state index contributed by atoms with van der Waals surface area (Å²) in [5, 5.41) is 11.9. The maximum absolute atomic E-state index is 12.0. The van der Waals surface area contributed by atoms with Crippen LogP contribution in [0.3, 0.4) is 0 Å². The van der Waals surface area contributed by atoms with Crippen molar-refractivity contribution >= 4 is 27.3 Å². The summed E-state index contributed by atoms with van der Waals surface area (Å²) in [5.74, 6) is 1.58.